The Kier molecular flexibility index (Phi) is 4.15. The van der Waals surface area contributed by atoms with Crippen LogP contribution in [0.1, 0.15) is 25.7 Å². The van der Waals surface area contributed by atoms with E-state index >= 15 is 0 Å². The smallest absolute Gasteiger partial charge is 0.241 e. The van der Waals surface area contributed by atoms with Gasteiger partial charge in [-0.1, -0.05) is 12.8 Å². The van der Waals surface area contributed by atoms with E-state index in [1.54, 1.807) is 19.4 Å². The van der Waals surface area contributed by atoms with Gasteiger partial charge in [-0.2, -0.15) is 5.10 Å². The predicted molar refractivity (Wildman–Crippen MR) is 82.2 cm³/mol. The molecule has 3 N–H and O–H groups in total. The third-order valence-corrected chi connectivity index (χ3v) is 4.97. The van der Waals surface area contributed by atoms with Gasteiger partial charge in [-0.3, -0.25) is 14.3 Å². The molecule has 2 fully saturated rings. The Balaban J connectivity index is 1.67. The second-order valence-corrected chi connectivity index (χ2v) is 6.28. The molecule has 0 radical (unpaired) electrons. The first-order valence-corrected chi connectivity index (χ1v) is 7.89. The standard InChI is InChI=1S/C15H23N5O2/c1-16-13(21)9-20-8-12(7-18-20)19-14(22)15-5-3-2-4-11(15)6-17-10-15/h7-8,11,17H,2-6,9-10H2,1H3,(H,16,21)(H,19,22)/t11-,15+/m0/s1. The number of fused-ring (bicyclic) bond motifs is 1. The van der Waals surface area contributed by atoms with Crippen molar-refractivity contribution >= 4 is 17.5 Å². The molecule has 2 heterocycles. The molecule has 0 spiro atoms. The SMILES string of the molecule is CNC(=O)Cn1cc(NC(=O)[C@@]23CCCC[C@H]2CNC3)cn1. The number of rotatable bonds is 4. The molecule has 1 aromatic heterocycles. The van der Waals surface area contributed by atoms with Gasteiger partial charge < -0.3 is 16.0 Å². The lowest BCUT2D eigenvalue weighted by molar-refractivity contribution is -0.128. The summed E-state index contributed by atoms with van der Waals surface area (Å²) in [4.78, 5) is 24.1. The Morgan fingerprint density at radius 2 is 2.36 bits per heavy atom. The molecule has 2 atom stereocenters. The van der Waals surface area contributed by atoms with E-state index in [1.165, 1.54) is 11.1 Å². The van der Waals surface area contributed by atoms with Gasteiger partial charge in [0.2, 0.25) is 11.8 Å². The number of hydrogen-bond donors (Lipinski definition) is 3. The summed E-state index contributed by atoms with van der Waals surface area (Å²) < 4.78 is 1.53. The minimum Gasteiger partial charge on any atom is -0.358 e. The van der Waals surface area contributed by atoms with Crippen LogP contribution in [0.3, 0.4) is 0 Å². The zero-order valence-electron chi connectivity index (χ0n) is 12.9. The summed E-state index contributed by atoms with van der Waals surface area (Å²) in [6.07, 6.45) is 7.69. The number of nitrogens with one attached hydrogen (secondary N) is 3. The monoisotopic (exact) mass is 305 g/mol. The van der Waals surface area contributed by atoms with Crippen molar-refractivity contribution < 1.29 is 9.59 Å². The van der Waals surface area contributed by atoms with Gasteiger partial charge in [-0.05, 0) is 25.3 Å². The zero-order chi connectivity index (χ0) is 15.6. The van der Waals surface area contributed by atoms with Crippen molar-refractivity contribution in [3.05, 3.63) is 12.4 Å². The lowest BCUT2D eigenvalue weighted by Gasteiger charge is -2.36. The lowest BCUT2D eigenvalue weighted by Crippen LogP contribution is -2.44. The largest absolute Gasteiger partial charge is 0.358 e. The van der Waals surface area contributed by atoms with Crippen LogP contribution in [0.25, 0.3) is 0 Å². The van der Waals surface area contributed by atoms with E-state index in [1.807, 2.05) is 0 Å². The molecule has 0 bridgehead atoms. The highest BCUT2D eigenvalue weighted by Crippen LogP contribution is 2.44. The second kappa shape index (κ2) is 6.08. The summed E-state index contributed by atoms with van der Waals surface area (Å²) in [6.45, 7) is 1.85. The summed E-state index contributed by atoms with van der Waals surface area (Å²) in [5, 5.41) is 13.0. The van der Waals surface area contributed by atoms with Crippen molar-refractivity contribution in [3.8, 4) is 0 Å². The van der Waals surface area contributed by atoms with Crippen molar-refractivity contribution in [3.63, 3.8) is 0 Å². The summed E-state index contributed by atoms with van der Waals surface area (Å²) in [5.74, 6) is 0.399. The van der Waals surface area contributed by atoms with Crippen LogP contribution in [0.15, 0.2) is 12.4 Å². The summed E-state index contributed by atoms with van der Waals surface area (Å²) in [7, 11) is 1.59. The second-order valence-electron chi connectivity index (χ2n) is 6.28. The zero-order valence-corrected chi connectivity index (χ0v) is 12.9. The molecular formula is C15H23N5O2. The van der Waals surface area contributed by atoms with Crippen LogP contribution >= 0.6 is 0 Å². The molecule has 1 saturated carbocycles. The van der Waals surface area contributed by atoms with Crippen LogP contribution in [-0.4, -0.2) is 41.7 Å². The maximum Gasteiger partial charge on any atom is 0.241 e. The fourth-order valence-corrected chi connectivity index (χ4v) is 3.69. The Morgan fingerprint density at radius 3 is 3.18 bits per heavy atom. The fourth-order valence-electron chi connectivity index (χ4n) is 3.69. The van der Waals surface area contributed by atoms with E-state index in [9.17, 15) is 9.59 Å². The van der Waals surface area contributed by atoms with E-state index in [2.05, 4.69) is 21.0 Å². The van der Waals surface area contributed by atoms with Gasteiger partial charge in [0.25, 0.3) is 0 Å². The van der Waals surface area contributed by atoms with Gasteiger partial charge in [0.1, 0.15) is 6.54 Å². The van der Waals surface area contributed by atoms with Crippen LogP contribution in [0.5, 0.6) is 0 Å². The first-order valence-electron chi connectivity index (χ1n) is 7.89. The van der Waals surface area contributed by atoms with Crippen LogP contribution in [0.4, 0.5) is 5.69 Å². The van der Waals surface area contributed by atoms with Crippen molar-refractivity contribution in [2.45, 2.75) is 32.2 Å². The van der Waals surface area contributed by atoms with Crippen molar-refractivity contribution in [1.82, 2.24) is 20.4 Å². The number of anilines is 1. The normalized spacial score (nSPS) is 27.2. The molecule has 1 aliphatic heterocycles. The minimum atomic E-state index is -0.277. The number of aromatic nitrogens is 2. The fraction of sp³-hybridized carbons (Fsp3) is 0.667. The average Bonchev–Trinajstić information content (AvgIpc) is 3.14. The maximum absolute atomic E-state index is 12.8. The average molecular weight is 305 g/mol. The molecule has 2 aliphatic rings. The number of carbonyl (C=O) groups is 2. The van der Waals surface area contributed by atoms with Gasteiger partial charge in [0, 0.05) is 19.8 Å². The van der Waals surface area contributed by atoms with Crippen LogP contribution in [-0.2, 0) is 16.1 Å². The van der Waals surface area contributed by atoms with Gasteiger partial charge in [-0.25, -0.2) is 0 Å². The first kappa shape index (κ1) is 15.0. The van der Waals surface area contributed by atoms with Crippen molar-refractivity contribution in [2.24, 2.45) is 11.3 Å². The molecule has 1 aromatic rings. The molecule has 7 heteroatoms. The number of amides is 2. The Hall–Kier alpha value is -1.89. The molecule has 3 rings (SSSR count). The summed E-state index contributed by atoms with van der Waals surface area (Å²) in [6, 6.07) is 0. The van der Waals surface area contributed by atoms with Gasteiger partial charge in [0.15, 0.2) is 0 Å². The highest BCUT2D eigenvalue weighted by molar-refractivity contribution is 5.96. The van der Waals surface area contributed by atoms with Crippen LogP contribution in [0, 0.1) is 11.3 Å². The number of likely N-dealkylation sites (N-methyl/N-ethyl adjacent to an activating group) is 1. The molecule has 2 amide bonds. The van der Waals surface area contributed by atoms with Gasteiger partial charge in [0.05, 0.1) is 17.3 Å². The molecule has 22 heavy (non-hydrogen) atoms. The molecule has 1 aliphatic carbocycles. The first-order chi connectivity index (χ1) is 10.6. The highest BCUT2D eigenvalue weighted by Gasteiger charge is 2.49. The number of nitrogens with zero attached hydrogens (tertiary/aromatic N) is 2. The third kappa shape index (κ3) is 2.72. The maximum atomic E-state index is 12.8. The van der Waals surface area contributed by atoms with E-state index in [0.29, 0.717) is 11.6 Å². The van der Waals surface area contributed by atoms with Crippen LogP contribution < -0.4 is 16.0 Å². The van der Waals surface area contributed by atoms with E-state index in [0.717, 1.165) is 32.4 Å². The molecule has 7 nitrogen and oxygen atoms in total. The number of hydrogen-bond acceptors (Lipinski definition) is 4. The topological polar surface area (TPSA) is 88.0 Å². The number of carbonyl (C=O) groups excluding carboxylic acids is 2. The highest BCUT2D eigenvalue weighted by atomic mass is 16.2. The lowest BCUT2D eigenvalue weighted by atomic mass is 9.67. The molecule has 0 unspecified atom stereocenters. The third-order valence-electron chi connectivity index (χ3n) is 4.97. The Labute approximate surface area is 129 Å². The van der Waals surface area contributed by atoms with Crippen LogP contribution in [0.2, 0.25) is 0 Å². The predicted octanol–water partition coefficient (Wildman–Crippen LogP) is 0.347. The van der Waals surface area contributed by atoms with Crippen molar-refractivity contribution in [2.75, 3.05) is 25.5 Å². The quantitative estimate of drug-likeness (QED) is 0.749. The van der Waals surface area contributed by atoms with Gasteiger partial charge >= 0.3 is 0 Å². The molecular weight excluding hydrogens is 282 g/mol. The Morgan fingerprint density at radius 1 is 1.50 bits per heavy atom. The molecule has 120 valence electrons. The summed E-state index contributed by atoms with van der Waals surface area (Å²) >= 11 is 0. The molecule has 1 saturated heterocycles. The van der Waals surface area contributed by atoms with E-state index in [4.69, 9.17) is 0 Å². The Bertz CT molecular complexity index is 570. The van der Waals surface area contributed by atoms with E-state index < -0.39 is 0 Å². The minimum absolute atomic E-state index is 0.0849. The van der Waals surface area contributed by atoms with E-state index in [-0.39, 0.29) is 23.8 Å². The molecule has 0 aromatic carbocycles. The van der Waals surface area contributed by atoms with Gasteiger partial charge in [-0.15, -0.1) is 0 Å². The van der Waals surface area contributed by atoms with Crippen molar-refractivity contribution in [1.29, 1.82) is 0 Å². The summed E-state index contributed by atoms with van der Waals surface area (Å²) in [5.41, 5.74) is 0.376.